The highest BCUT2D eigenvalue weighted by Crippen LogP contribution is 2.57. The summed E-state index contributed by atoms with van der Waals surface area (Å²) in [5, 5.41) is 0. The summed E-state index contributed by atoms with van der Waals surface area (Å²) in [6.45, 7) is -0.280. The molecule has 1 aliphatic carbocycles. The van der Waals surface area contributed by atoms with Gasteiger partial charge in [0.05, 0.1) is 0 Å². The summed E-state index contributed by atoms with van der Waals surface area (Å²) in [5.41, 5.74) is -1.60. The molecule has 0 aromatic heterocycles. The second-order valence-electron chi connectivity index (χ2n) is 4.02. The van der Waals surface area contributed by atoms with Crippen molar-refractivity contribution >= 4 is 15.9 Å². The van der Waals surface area contributed by atoms with Crippen LogP contribution in [0.1, 0.15) is 12.8 Å². The number of benzene rings is 1. The first kappa shape index (κ1) is 11.8. The lowest BCUT2D eigenvalue weighted by atomic mass is 10.1. The highest BCUT2D eigenvalue weighted by atomic mass is 79.9. The second-order valence-corrected chi connectivity index (χ2v) is 4.94. The van der Waals surface area contributed by atoms with Crippen LogP contribution < -0.4 is 4.74 Å². The molecule has 88 valence electrons. The van der Waals surface area contributed by atoms with Gasteiger partial charge < -0.3 is 4.74 Å². The van der Waals surface area contributed by atoms with Crippen LogP contribution in [0.3, 0.4) is 0 Å². The maximum Gasteiger partial charge on any atom is 0.397 e. The second kappa shape index (κ2) is 3.95. The van der Waals surface area contributed by atoms with Crippen LogP contribution in [-0.4, -0.2) is 12.8 Å². The molecule has 5 heteroatoms. The molecule has 1 aliphatic rings. The van der Waals surface area contributed by atoms with E-state index in [4.69, 9.17) is 4.74 Å². The van der Waals surface area contributed by atoms with E-state index >= 15 is 0 Å². The van der Waals surface area contributed by atoms with Crippen LogP contribution in [0.4, 0.5) is 13.2 Å². The van der Waals surface area contributed by atoms with Gasteiger partial charge in [-0.05, 0) is 37.1 Å². The van der Waals surface area contributed by atoms with Gasteiger partial charge in [-0.2, -0.15) is 13.2 Å². The Balaban J connectivity index is 1.96. The van der Waals surface area contributed by atoms with E-state index in [-0.39, 0.29) is 19.4 Å². The lowest BCUT2D eigenvalue weighted by Gasteiger charge is -2.19. The molecule has 0 saturated heterocycles. The molecule has 1 nitrogen and oxygen atoms in total. The Morgan fingerprint density at radius 2 is 1.75 bits per heavy atom. The Hall–Kier alpha value is -0.710. The summed E-state index contributed by atoms with van der Waals surface area (Å²) >= 11 is 3.24. The van der Waals surface area contributed by atoms with Gasteiger partial charge in [-0.3, -0.25) is 0 Å². The van der Waals surface area contributed by atoms with Crippen LogP contribution in [-0.2, 0) is 0 Å². The molecule has 0 spiro atoms. The number of hydrogen-bond acceptors (Lipinski definition) is 1. The molecule has 16 heavy (non-hydrogen) atoms. The maximum absolute atomic E-state index is 12.6. The van der Waals surface area contributed by atoms with Crippen LogP contribution in [0.15, 0.2) is 28.7 Å². The molecular formula is C11H10BrF3O. The number of hydrogen-bond donors (Lipinski definition) is 0. The van der Waals surface area contributed by atoms with Crippen molar-refractivity contribution in [2.24, 2.45) is 5.41 Å². The van der Waals surface area contributed by atoms with E-state index in [2.05, 4.69) is 15.9 Å². The standard InChI is InChI=1S/C11H10BrF3O/c12-8-1-3-9(4-2-8)16-7-10(5-6-10)11(13,14)15/h1-4H,5-7H2. The molecule has 0 atom stereocenters. The third-order valence-corrected chi connectivity index (χ3v) is 3.31. The van der Waals surface area contributed by atoms with E-state index in [9.17, 15) is 13.2 Å². The van der Waals surface area contributed by atoms with E-state index in [0.29, 0.717) is 5.75 Å². The fraction of sp³-hybridized carbons (Fsp3) is 0.455. The molecule has 1 aromatic rings. The molecule has 0 bridgehead atoms. The molecule has 2 rings (SSSR count). The monoisotopic (exact) mass is 294 g/mol. The average Bonchev–Trinajstić information content (AvgIpc) is 2.97. The van der Waals surface area contributed by atoms with Crippen LogP contribution in [0.2, 0.25) is 0 Å². The molecule has 1 fully saturated rings. The van der Waals surface area contributed by atoms with Crippen molar-refractivity contribution < 1.29 is 17.9 Å². The van der Waals surface area contributed by atoms with Crippen LogP contribution in [0.5, 0.6) is 5.75 Å². The summed E-state index contributed by atoms with van der Waals surface area (Å²) in [6, 6.07) is 6.78. The van der Waals surface area contributed by atoms with Crippen molar-refractivity contribution in [1.82, 2.24) is 0 Å². The van der Waals surface area contributed by atoms with Gasteiger partial charge in [-0.25, -0.2) is 0 Å². The van der Waals surface area contributed by atoms with E-state index < -0.39 is 11.6 Å². The predicted molar refractivity (Wildman–Crippen MR) is 57.4 cm³/mol. The van der Waals surface area contributed by atoms with Gasteiger partial charge in [0.2, 0.25) is 0 Å². The smallest absolute Gasteiger partial charge is 0.397 e. The van der Waals surface area contributed by atoms with Gasteiger partial charge in [0, 0.05) is 4.47 Å². The van der Waals surface area contributed by atoms with E-state index in [0.717, 1.165) is 4.47 Å². The lowest BCUT2D eigenvalue weighted by Crippen LogP contribution is -2.30. The molecule has 1 saturated carbocycles. The highest BCUT2D eigenvalue weighted by Gasteiger charge is 2.63. The molecule has 0 amide bonds. The molecule has 0 N–H and O–H groups in total. The first-order valence-corrected chi connectivity index (χ1v) is 5.67. The van der Waals surface area contributed by atoms with Gasteiger partial charge in [0.25, 0.3) is 0 Å². The Kier molecular flexibility index (Phi) is 2.90. The quantitative estimate of drug-likeness (QED) is 0.813. The van der Waals surface area contributed by atoms with Crippen LogP contribution >= 0.6 is 15.9 Å². The van der Waals surface area contributed by atoms with Crippen molar-refractivity contribution in [2.75, 3.05) is 6.61 Å². The maximum atomic E-state index is 12.6. The number of rotatable bonds is 3. The average molecular weight is 295 g/mol. The minimum atomic E-state index is -4.15. The van der Waals surface area contributed by atoms with Crippen molar-refractivity contribution in [3.05, 3.63) is 28.7 Å². The molecule has 0 unspecified atom stereocenters. The van der Waals surface area contributed by atoms with Gasteiger partial charge in [-0.15, -0.1) is 0 Å². The Morgan fingerprint density at radius 1 is 1.19 bits per heavy atom. The highest BCUT2D eigenvalue weighted by molar-refractivity contribution is 9.10. The number of alkyl halides is 3. The van der Waals surface area contributed by atoms with Crippen molar-refractivity contribution in [1.29, 1.82) is 0 Å². The van der Waals surface area contributed by atoms with E-state index in [1.807, 2.05) is 0 Å². The third kappa shape index (κ3) is 2.34. The first-order valence-electron chi connectivity index (χ1n) is 4.88. The van der Waals surface area contributed by atoms with E-state index in [1.165, 1.54) is 0 Å². The zero-order chi connectivity index (χ0) is 11.8. The fourth-order valence-electron chi connectivity index (χ4n) is 1.41. The van der Waals surface area contributed by atoms with Crippen LogP contribution in [0.25, 0.3) is 0 Å². The summed E-state index contributed by atoms with van der Waals surface area (Å²) in [6.07, 6.45) is -3.80. The van der Waals surface area contributed by atoms with Crippen molar-refractivity contribution in [3.63, 3.8) is 0 Å². The zero-order valence-corrected chi connectivity index (χ0v) is 9.94. The summed E-state index contributed by atoms with van der Waals surface area (Å²) < 4.78 is 43.8. The molecule has 0 radical (unpaired) electrons. The first-order chi connectivity index (χ1) is 7.43. The van der Waals surface area contributed by atoms with Gasteiger partial charge >= 0.3 is 6.18 Å². The van der Waals surface area contributed by atoms with Crippen molar-refractivity contribution in [3.8, 4) is 5.75 Å². The molecule has 0 aliphatic heterocycles. The van der Waals surface area contributed by atoms with E-state index in [1.54, 1.807) is 24.3 Å². The summed E-state index contributed by atoms with van der Waals surface area (Å²) in [7, 11) is 0. The predicted octanol–water partition coefficient (Wildman–Crippen LogP) is 4.17. The largest absolute Gasteiger partial charge is 0.493 e. The minimum Gasteiger partial charge on any atom is -0.493 e. The van der Waals surface area contributed by atoms with Crippen LogP contribution in [0, 0.1) is 5.41 Å². The number of ether oxygens (including phenoxy) is 1. The molecule has 0 heterocycles. The Morgan fingerprint density at radius 3 is 2.19 bits per heavy atom. The lowest BCUT2D eigenvalue weighted by molar-refractivity contribution is -0.194. The third-order valence-electron chi connectivity index (χ3n) is 2.78. The molecule has 1 aromatic carbocycles. The Labute approximate surface area is 99.7 Å². The normalized spacial score (nSPS) is 18.2. The van der Waals surface area contributed by atoms with Gasteiger partial charge in [-0.1, -0.05) is 15.9 Å². The Bertz CT molecular complexity index is 368. The van der Waals surface area contributed by atoms with Crippen molar-refractivity contribution in [2.45, 2.75) is 19.0 Å². The minimum absolute atomic E-state index is 0.174. The van der Waals surface area contributed by atoms with Gasteiger partial charge in [0.1, 0.15) is 17.8 Å². The fourth-order valence-corrected chi connectivity index (χ4v) is 1.68. The summed E-state index contributed by atoms with van der Waals surface area (Å²) in [5.74, 6) is 0.471. The SMILES string of the molecule is FC(F)(F)C1(COc2ccc(Br)cc2)CC1. The van der Waals surface area contributed by atoms with Gasteiger partial charge in [0.15, 0.2) is 0 Å². The summed E-state index contributed by atoms with van der Waals surface area (Å²) in [4.78, 5) is 0. The molecular weight excluding hydrogens is 285 g/mol. The number of halogens is 4. The topological polar surface area (TPSA) is 9.23 Å². The zero-order valence-electron chi connectivity index (χ0n) is 8.35.